The van der Waals surface area contributed by atoms with Gasteiger partial charge in [-0.15, -0.1) is 0 Å². The van der Waals surface area contributed by atoms with Gasteiger partial charge in [-0.3, -0.25) is 4.98 Å². The molecule has 0 saturated carbocycles. The minimum Gasteiger partial charge on any atom is -0.380 e. The van der Waals surface area contributed by atoms with Crippen molar-refractivity contribution in [3.8, 4) is 0 Å². The van der Waals surface area contributed by atoms with E-state index in [-0.39, 0.29) is 0 Å². The van der Waals surface area contributed by atoms with E-state index >= 15 is 0 Å². The third-order valence-electron chi connectivity index (χ3n) is 1.80. The number of nitrogens with zero attached hydrogens (tertiary/aromatic N) is 2. The Hall–Kier alpha value is -1.68. The number of aliphatic hydroxyl groups excluding tert-OH is 1. The van der Waals surface area contributed by atoms with Crippen molar-refractivity contribution in [1.29, 1.82) is 0 Å². The van der Waals surface area contributed by atoms with Crippen LogP contribution in [-0.2, 0) is 0 Å². The van der Waals surface area contributed by atoms with Crippen molar-refractivity contribution < 1.29 is 5.11 Å². The molecule has 13 heavy (non-hydrogen) atoms. The lowest BCUT2D eigenvalue weighted by Gasteiger charge is -2.06. The Morgan fingerprint density at radius 1 is 1.23 bits per heavy atom. The van der Waals surface area contributed by atoms with Gasteiger partial charge in [-0.25, -0.2) is 4.98 Å². The maximum absolute atomic E-state index is 9.76. The first kappa shape index (κ1) is 7.94. The average Bonchev–Trinajstić information content (AvgIpc) is 2.71. The Kier molecular flexibility index (Phi) is 2.06. The summed E-state index contributed by atoms with van der Waals surface area (Å²) in [5, 5.41) is 9.76. The van der Waals surface area contributed by atoms with Crippen molar-refractivity contribution in [1.82, 2.24) is 15.0 Å². The second-order valence-electron chi connectivity index (χ2n) is 2.66. The number of H-pyrrole nitrogens is 1. The van der Waals surface area contributed by atoms with E-state index in [1.54, 1.807) is 36.9 Å². The fourth-order valence-electron chi connectivity index (χ4n) is 1.13. The molecule has 66 valence electrons. The Labute approximate surface area is 75.3 Å². The molecule has 0 radical (unpaired) electrons. The topological polar surface area (TPSA) is 61.8 Å². The van der Waals surface area contributed by atoms with Crippen molar-refractivity contribution in [2.45, 2.75) is 6.10 Å². The Morgan fingerprint density at radius 2 is 2.00 bits per heavy atom. The van der Waals surface area contributed by atoms with Gasteiger partial charge in [-0.2, -0.15) is 0 Å². The number of rotatable bonds is 2. The molecule has 4 heteroatoms. The van der Waals surface area contributed by atoms with E-state index < -0.39 is 6.10 Å². The standard InChI is InChI=1S/C9H9N3O/c13-8(9-11-5-6-12-9)7-1-3-10-4-2-7/h1-6,8,13H,(H,11,12)/t8-/m1/s1. The summed E-state index contributed by atoms with van der Waals surface area (Å²) in [4.78, 5) is 10.7. The molecule has 1 atom stereocenters. The van der Waals surface area contributed by atoms with Crippen LogP contribution >= 0.6 is 0 Å². The summed E-state index contributed by atoms with van der Waals surface area (Å²) in [6.07, 6.45) is 5.88. The van der Waals surface area contributed by atoms with Gasteiger partial charge in [-0.1, -0.05) is 0 Å². The zero-order valence-electron chi connectivity index (χ0n) is 6.88. The van der Waals surface area contributed by atoms with Gasteiger partial charge >= 0.3 is 0 Å². The number of hydrogen-bond acceptors (Lipinski definition) is 3. The third kappa shape index (κ3) is 1.57. The lowest BCUT2D eigenvalue weighted by atomic mass is 10.1. The number of aromatic nitrogens is 3. The Morgan fingerprint density at radius 3 is 2.62 bits per heavy atom. The van der Waals surface area contributed by atoms with Crippen LogP contribution in [-0.4, -0.2) is 20.1 Å². The monoisotopic (exact) mass is 175 g/mol. The van der Waals surface area contributed by atoms with Crippen LogP contribution in [0.1, 0.15) is 17.5 Å². The summed E-state index contributed by atoms with van der Waals surface area (Å²) in [5.74, 6) is 0.547. The molecule has 0 aliphatic rings. The molecule has 2 aromatic rings. The second kappa shape index (κ2) is 3.37. The van der Waals surface area contributed by atoms with Crippen LogP contribution in [0.15, 0.2) is 36.9 Å². The van der Waals surface area contributed by atoms with Crippen molar-refractivity contribution >= 4 is 0 Å². The maximum atomic E-state index is 9.76. The molecule has 2 aromatic heterocycles. The maximum Gasteiger partial charge on any atom is 0.139 e. The molecule has 0 aliphatic heterocycles. The van der Waals surface area contributed by atoms with E-state index in [2.05, 4.69) is 15.0 Å². The van der Waals surface area contributed by atoms with Crippen molar-refractivity contribution in [3.05, 3.63) is 48.3 Å². The van der Waals surface area contributed by atoms with Gasteiger partial charge in [0.05, 0.1) is 0 Å². The Balaban J connectivity index is 2.29. The highest BCUT2D eigenvalue weighted by molar-refractivity contribution is 5.19. The molecule has 0 bridgehead atoms. The van der Waals surface area contributed by atoms with Crippen LogP contribution in [0.2, 0.25) is 0 Å². The number of pyridine rings is 1. The smallest absolute Gasteiger partial charge is 0.139 e. The molecule has 0 fully saturated rings. The highest BCUT2D eigenvalue weighted by atomic mass is 16.3. The first-order valence-corrected chi connectivity index (χ1v) is 3.95. The largest absolute Gasteiger partial charge is 0.380 e. The summed E-state index contributed by atoms with van der Waals surface area (Å²) in [7, 11) is 0. The number of hydrogen-bond donors (Lipinski definition) is 2. The van der Waals surface area contributed by atoms with E-state index in [1.807, 2.05) is 0 Å². The van der Waals surface area contributed by atoms with E-state index in [4.69, 9.17) is 0 Å². The molecule has 0 unspecified atom stereocenters. The normalized spacial score (nSPS) is 12.7. The molecular weight excluding hydrogens is 166 g/mol. The molecule has 2 heterocycles. The van der Waals surface area contributed by atoms with Gasteiger partial charge in [-0.05, 0) is 17.7 Å². The van der Waals surface area contributed by atoms with Crippen molar-refractivity contribution in [2.75, 3.05) is 0 Å². The van der Waals surface area contributed by atoms with Crippen LogP contribution < -0.4 is 0 Å². The summed E-state index contributed by atoms with van der Waals surface area (Å²) >= 11 is 0. The lowest BCUT2D eigenvalue weighted by molar-refractivity contribution is 0.211. The van der Waals surface area contributed by atoms with E-state index in [0.717, 1.165) is 5.56 Å². The van der Waals surface area contributed by atoms with Gasteiger partial charge in [0.1, 0.15) is 11.9 Å². The van der Waals surface area contributed by atoms with Crippen LogP contribution in [0, 0.1) is 0 Å². The zero-order chi connectivity index (χ0) is 9.10. The van der Waals surface area contributed by atoms with E-state index in [0.29, 0.717) is 5.82 Å². The quantitative estimate of drug-likeness (QED) is 0.712. The minimum atomic E-state index is -0.696. The van der Waals surface area contributed by atoms with E-state index in [9.17, 15) is 5.11 Å². The summed E-state index contributed by atoms with van der Waals surface area (Å²) in [5.41, 5.74) is 0.782. The van der Waals surface area contributed by atoms with Gasteiger partial charge < -0.3 is 10.1 Å². The lowest BCUT2D eigenvalue weighted by Crippen LogP contribution is -2.01. The van der Waals surface area contributed by atoms with E-state index in [1.165, 1.54) is 0 Å². The fourth-order valence-corrected chi connectivity index (χ4v) is 1.13. The molecule has 0 amide bonds. The number of nitrogens with one attached hydrogen (secondary N) is 1. The fraction of sp³-hybridized carbons (Fsp3) is 0.111. The number of imidazole rings is 1. The molecule has 0 aliphatic carbocycles. The third-order valence-corrected chi connectivity index (χ3v) is 1.80. The average molecular weight is 175 g/mol. The van der Waals surface area contributed by atoms with Crippen LogP contribution in [0.25, 0.3) is 0 Å². The summed E-state index contributed by atoms with van der Waals surface area (Å²) < 4.78 is 0. The Bertz CT molecular complexity index is 358. The predicted octanol–water partition coefficient (Wildman–Crippen LogP) is 0.886. The minimum absolute atomic E-state index is 0.547. The molecule has 2 rings (SSSR count). The van der Waals surface area contributed by atoms with Gasteiger partial charge in [0, 0.05) is 24.8 Å². The molecule has 4 nitrogen and oxygen atoms in total. The van der Waals surface area contributed by atoms with Gasteiger partial charge in [0.25, 0.3) is 0 Å². The highest BCUT2D eigenvalue weighted by Crippen LogP contribution is 2.16. The van der Waals surface area contributed by atoms with Crippen LogP contribution in [0.5, 0.6) is 0 Å². The number of aliphatic hydroxyl groups is 1. The van der Waals surface area contributed by atoms with Crippen LogP contribution in [0.3, 0.4) is 0 Å². The first-order chi connectivity index (χ1) is 6.38. The SMILES string of the molecule is O[C@H](c1ccncc1)c1ncc[nH]1. The second-order valence-corrected chi connectivity index (χ2v) is 2.66. The zero-order valence-corrected chi connectivity index (χ0v) is 6.88. The first-order valence-electron chi connectivity index (χ1n) is 3.95. The van der Waals surface area contributed by atoms with Crippen LogP contribution in [0.4, 0.5) is 0 Å². The molecule has 2 N–H and O–H groups in total. The van der Waals surface area contributed by atoms with Crippen molar-refractivity contribution in [2.24, 2.45) is 0 Å². The molecule has 0 spiro atoms. The highest BCUT2D eigenvalue weighted by Gasteiger charge is 2.11. The molecule has 0 aromatic carbocycles. The predicted molar refractivity (Wildman–Crippen MR) is 46.9 cm³/mol. The van der Waals surface area contributed by atoms with Gasteiger partial charge in [0.15, 0.2) is 0 Å². The van der Waals surface area contributed by atoms with Gasteiger partial charge in [0.2, 0.25) is 0 Å². The number of aromatic amines is 1. The van der Waals surface area contributed by atoms with Crippen molar-refractivity contribution in [3.63, 3.8) is 0 Å². The summed E-state index contributed by atoms with van der Waals surface area (Å²) in [6, 6.07) is 3.51. The molecular formula is C9H9N3O. The molecule has 0 saturated heterocycles. The summed E-state index contributed by atoms with van der Waals surface area (Å²) in [6.45, 7) is 0.